The third kappa shape index (κ3) is 9.68. The summed E-state index contributed by atoms with van der Waals surface area (Å²) in [4.78, 5) is 72.9. The predicted molar refractivity (Wildman–Crippen MR) is 242 cm³/mol. The average molecular weight is 863 g/mol. The minimum atomic E-state index is -0.743. The van der Waals surface area contributed by atoms with Gasteiger partial charge in [-0.3, -0.25) is 9.59 Å². The van der Waals surface area contributed by atoms with Gasteiger partial charge in [0, 0.05) is 31.7 Å². The molecule has 4 N–H and O–H groups in total. The number of imidazole rings is 2. The zero-order valence-corrected chi connectivity index (χ0v) is 37.7. The minimum absolute atomic E-state index is 0.116. The predicted octanol–water partition coefficient (Wildman–Crippen LogP) is 8.29. The van der Waals surface area contributed by atoms with Crippen LogP contribution >= 0.6 is 0 Å². The highest BCUT2D eigenvalue weighted by molar-refractivity contribution is 6.05. The van der Waals surface area contributed by atoms with Gasteiger partial charge in [-0.1, -0.05) is 77.1 Å². The molecule has 5 atom stereocenters. The molecule has 0 spiro atoms. The largest absolute Gasteiger partial charge is 0.453 e. The number of likely N-dealkylation sites (tertiary alicyclic amines) is 2. The van der Waals surface area contributed by atoms with Gasteiger partial charge in [0.2, 0.25) is 11.8 Å². The molecule has 5 aromatic rings. The van der Waals surface area contributed by atoms with Crippen LogP contribution in [0.4, 0.5) is 9.59 Å². The second-order valence-electron chi connectivity index (χ2n) is 18.0. The van der Waals surface area contributed by atoms with E-state index in [1.54, 1.807) is 0 Å². The number of carbonyl (C=O) groups is 4. The lowest BCUT2D eigenvalue weighted by molar-refractivity contribution is -0.136. The van der Waals surface area contributed by atoms with Gasteiger partial charge in [-0.15, -0.1) is 0 Å². The van der Waals surface area contributed by atoms with Crippen molar-refractivity contribution in [3.8, 4) is 22.4 Å². The Labute approximate surface area is 369 Å². The Hall–Kier alpha value is -5.96. The smallest absolute Gasteiger partial charge is 0.407 e. The lowest BCUT2D eigenvalue weighted by atomic mass is 9.83. The fourth-order valence-corrected chi connectivity index (χ4v) is 9.30. The number of hydrogen-bond acceptors (Lipinski definition) is 9. The van der Waals surface area contributed by atoms with E-state index < -0.39 is 24.3 Å². The highest BCUT2D eigenvalue weighted by Gasteiger charge is 2.46. The van der Waals surface area contributed by atoms with Gasteiger partial charge in [-0.05, 0) is 90.5 Å². The molecular formula is C48H62N8O7. The maximum absolute atomic E-state index is 14.2. The van der Waals surface area contributed by atoms with Crippen LogP contribution in [0.1, 0.15) is 97.4 Å². The van der Waals surface area contributed by atoms with Gasteiger partial charge in [0.1, 0.15) is 23.7 Å². The molecule has 15 heteroatoms. The zero-order chi connectivity index (χ0) is 45.0. The molecule has 0 aliphatic carbocycles. The van der Waals surface area contributed by atoms with Crippen molar-refractivity contribution in [3.05, 3.63) is 72.4 Å². The summed E-state index contributed by atoms with van der Waals surface area (Å²) in [6, 6.07) is 16.9. The Morgan fingerprint density at radius 1 is 0.825 bits per heavy atom. The second-order valence-corrected chi connectivity index (χ2v) is 18.0. The van der Waals surface area contributed by atoms with E-state index in [-0.39, 0.29) is 41.1 Å². The number of H-pyrrole nitrogens is 2. The number of nitrogens with one attached hydrogen (secondary N) is 4. The molecule has 4 amide bonds. The van der Waals surface area contributed by atoms with Crippen molar-refractivity contribution in [2.75, 3.05) is 40.5 Å². The van der Waals surface area contributed by atoms with Crippen molar-refractivity contribution in [3.63, 3.8) is 0 Å². The molecule has 4 heterocycles. The number of carbonyl (C=O) groups excluding carboxylic acids is 4. The number of ether oxygens (including phenoxy) is 3. The number of fused-ring (bicyclic) bond motifs is 3. The maximum Gasteiger partial charge on any atom is 0.407 e. The van der Waals surface area contributed by atoms with Gasteiger partial charge in [-0.25, -0.2) is 19.6 Å². The first-order chi connectivity index (χ1) is 30.2. The van der Waals surface area contributed by atoms with E-state index >= 15 is 0 Å². The van der Waals surface area contributed by atoms with Crippen molar-refractivity contribution in [2.24, 2.45) is 17.3 Å². The molecular weight excluding hydrogens is 801 g/mol. The molecule has 63 heavy (non-hydrogen) atoms. The van der Waals surface area contributed by atoms with Gasteiger partial charge in [-0.2, -0.15) is 0 Å². The van der Waals surface area contributed by atoms with E-state index in [9.17, 15) is 19.2 Å². The molecule has 0 bridgehead atoms. The standard InChI is InChI=1S/C48H62N8O7/c1-9-63-23-11-21-48(6)25-38(56(27-48)45(58)40(29(4)5)54-47(60)62-8)42-49-26-36(51-42)31-15-13-30(14-16-31)32-17-19-34-33(24-32)18-20-35-41(34)52-43(50-35)37-12-10-22-55(37)44(57)39(28(2)3)53-46(59)61-7/h13-20,24,26,28-29,37-40H,9-12,21-23,25,27H2,1-8H3,(H,49,51)(H,50,52)(H,53,59)(H,54,60)/t37-,38-,39-,40-,48+/m0/s1. The van der Waals surface area contributed by atoms with Crippen molar-refractivity contribution in [1.82, 2.24) is 40.4 Å². The van der Waals surface area contributed by atoms with Crippen LogP contribution in [0.3, 0.4) is 0 Å². The number of benzene rings is 3. The number of amides is 4. The summed E-state index contributed by atoms with van der Waals surface area (Å²) >= 11 is 0. The van der Waals surface area contributed by atoms with E-state index in [2.05, 4.69) is 76.1 Å². The summed E-state index contributed by atoms with van der Waals surface area (Å²) in [6.07, 6.45) is 4.68. The minimum Gasteiger partial charge on any atom is -0.453 e. The Morgan fingerprint density at radius 3 is 2.13 bits per heavy atom. The zero-order valence-electron chi connectivity index (χ0n) is 37.7. The van der Waals surface area contributed by atoms with Gasteiger partial charge in [0.25, 0.3) is 0 Å². The third-order valence-corrected chi connectivity index (χ3v) is 12.7. The van der Waals surface area contributed by atoms with Crippen molar-refractivity contribution >= 4 is 45.8 Å². The van der Waals surface area contributed by atoms with Crippen LogP contribution < -0.4 is 10.6 Å². The van der Waals surface area contributed by atoms with Crippen LogP contribution in [0.2, 0.25) is 0 Å². The normalized spacial score (nSPS) is 19.8. The molecule has 15 nitrogen and oxygen atoms in total. The topological polar surface area (TPSA) is 184 Å². The molecule has 7 rings (SSSR count). The summed E-state index contributed by atoms with van der Waals surface area (Å²) in [5.41, 5.74) is 5.51. The van der Waals surface area contributed by atoms with Crippen molar-refractivity contribution in [1.29, 1.82) is 0 Å². The van der Waals surface area contributed by atoms with Crippen LogP contribution in [0, 0.1) is 17.3 Å². The first kappa shape index (κ1) is 45.1. The number of aromatic nitrogens is 4. The number of hydrogen-bond donors (Lipinski definition) is 4. The van der Waals surface area contributed by atoms with Crippen LogP contribution in [-0.2, 0) is 23.8 Å². The molecule has 2 aliphatic heterocycles. The van der Waals surface area contributed by atoms with Gasteiger partial charge < -0.3 is 44.6 Å². The fraction of sp³-hybridized carbons (Fsp3) is 0.500. The van der Waals surface area contributed by atoms with E-state index in [4.69, 9.17) is 24.2 Å². The van der Waals surface area contributed by atoms with E-state index in [0.717, 1.165) is 82.1 Å². The maximum atomic E-state index is 14.2. The SMILES string of the molecule is CCOCCC[C@]1(C)C[C@@H](c2ncc(-c3ccc(-c4ccc5c(ccc6nc([C@@H]7CCCN7C(=O)[C@@H](NC(=O)OC)C(C)C)[nH]c65)c4)cc3)[nH]2)N(C(=O)[C@@H](NC(=O)OC)C(C)C)C1. The van der Waals surface area contributed by atoms with Gasteiger partial charge >= 0.3 is 12.2 Å². The molecule has 0 radical (unpaired) electrons. The summed E-state index contributed by atoms with van der Waals surface area (Å²) in [6.45, 7) is 14.3. The van der Waals surface area contributed by atoms with Crippen molar-refractivity contribution in [2.45, 2.75) is 97.8 Å². The van der Waals surface area contributed by atoms with Crippen LogP contribution in [-0.4, -0.2) is 106 Å². The molecule has 2 aromatic heterocycles. The number of rotatable bonds is 15. The number of nitrogens with zero attached hydrogens (tertiary/aromatic N) is 4. The number of methoxy groups -OCH3 is 2. The van der Waals surface area contributed by atoms with Crippen LogP contribution in [0.15, 0.2) is 60.8 Å². The first-order valence-electron chi connectivity index (χ1n) is 22.2. The third-order valence-electron chi connectivity index (χ3n) is 12.7. The van der Waals surface area contributed by atoms with E-state index in [0.29, 0.717) is 32.1 Å². The Balaban J connectivity index is 1.09. The highest BCUT2D eigenvalue weighted by atomic mass is 16.5. The summed E-state index contributed by atoms with van der Waals surface area (Å²) < 4.78 is 15.3. The summed E-state index contributed by atoms with van der Waals surface area (Å²) in [5, 5.41) is 7.57. The number of alkyl carbamates (subject to hydrolysis) is 2. The van der Waals surface area contributed by atoms with Gasteiger partial charge in [0.05, 0.1) is 49.2 Å². The quantitative estimate of drug-likeness (QED) is 0.0753. The lowest BCUT2D eigenvalue weighted by Gasteiger charge is -2.30. The average Bonchev–Trinajstić information content (AvgIpc) is 4.11. The molecule has 0 unspecified atom stereocenters. The van der Waals surface area contributed by atoms with Crippen LogP contribution in [0.25, 0.3) is 44.2 Å². The molecule has 336 valence electrons. The second kappa shape index (κ2) is 19.2. The molecule has 3 aromatic carbocycles. The van der Waals surface area contributed by atoms with Gasteiger partial charge in [0.15, 0.2) is 0 Å². The Bertz CT molecular complexity index is 2430. The molecule has 2 aliphatic rings. The molecule has 2 saturated heterocycles. The Morgan fingerprint density at radius 2 is 1.48 bits per heavy atom. The number of aromatic amines is 2. The molecule has 2 fully saturated rings. The summed E-state index contributed by atoms with van der Waals surface area (Å²) in [5.74, 6) is 0.886. The highest BCUT2D eigenvalue weighted by Crippen LogP contribution is 2.46. The van der Waals surface area contributed by atoms with Crippen molar-refractivity contribution < 1.29 is 33.4 Å². The Kier molecular flexibility index (Phi) is 13.7. The summed E-state index contributed by atoms with van der Waals surface area (Å²) in [7, 11) is 2.59. The van der Waals surface area contributed by atoms with Crippen LogP contribution in [0.5, 0.6) is 0 Å². The molecule has 0 saturated carbocycles. The first-order valence-corrected chi connectivity index (χ1v) is 22.2. The monoisotopic (exact) mass is 862 g/mol. The van der Waals surface area contributed by atoms with E-state index in [1.165, 1.54) is 14.2 Å². The fourth-order valence-electron chi connectivity index (χ4n) is 9.30. The lowest BCUT2D eigenvalue weighted by Crippen LogP contribution is -2.51. The van der Waals surface area contributed by atoms with E-state index in [1.807, 2.05) is 56.7 Å².